The van der Waals surface area contributed by atoms with Crippen LogP contribution in [-0.4, -0.2) is 31.5 Å². The smallest absolute Gasteiger partial charge is 0.123 e. The maximum absolute atomic E-state index is 13.0. The Hall–Kier alpha value is -0.970. The predicted octanol–water partition coefficient (Wildman–Crippen LogP) is 2.08. The van der Waals surface area contributed by atoms with Crippen molar-refractivity contribution < 1.29 is 14.2 Å². The summed E-state index contributed by atoms with van der Waals surface area (Å²) in [6, 6.07) is 6.15. The average molecular weight is 269 g/mol. The van der Waals surface area contributed by atoms with E-state index in [4.69, 9.17) is 10.5 Å². The van der Waals surface area contributed by atoms with Crippen LogP contribution in [0.25, 0.3) is 0 Å². The van der Waals surface area contributed by atoms with Gasteiger partial charge in [-0.05, 0) is 30.0 Å². The first-order chi connectivity index (χ1) is 9.04. The van der Waals surface area contributed by atoms with Crippen LogP contribution < -0.4 is 5.73 Å². The molecule has 108 valence electrons. The summed E-state index contributed by atoms with van der Waals surface area (Å²) < 4.78 is 18.5. The van der Waals surface area contributed by atoms with Gasteiger partial charge in [0.2, 0.25) is 0 Å². The first kappa shape index (κ1) is 16.1. The van der Waals surface area contributed by atoms with Crippen LogP contribution in [0.3, 0.4) is 0 Å². The van der Waals surface area contributed by atoms with Gasteiger partial charge in [0.05, 0.1) is 6.61 Å². The summed E-state index contributed by atoms with van der Waals surface area (Å²) in [4.78, 5) is 0. The van der Waals surface area contributed by atoms with Crippen molar-refractivity contribution in [1.29, 1.82) is 0 Å². The minimum Gasteiger partial charge on any atom is -0.395 e. The van der Waals surface area contributed by atoms with Gasteiger partial charge in [-0.25, -0.2) is 4.39 Å². The van der Waals surface area contributed by atoms with Gasteiger partial charge in [-0.1, -0.05) is 26.0 Å². The topological polar surface area (TPSA) is 55.5 Å². The van der Waals surface area contributed by atoms with Crippen LogP contribution in [0.1, 0.15) is 25.8 Å². The molecule has 0 fully saturated rings. The number of benzene rings is 1. The zero-order chi connectivity index (χ0) is 14.3. The van der Waals surface area contributed by atoms with Crippen LogP contribution in [-0.2, 0) is 10.2 Å². The lowest BCUT2D eigenvalue weighted by Gasteiger charge is -2.31. The fraction of sp³-hybridized carbons (Fsp3) is 0.600. The Balaban J connectivity index is 2.70. The van der Waals surface area contributed by atoms with E-state index in [-0.39, 0.29) is 12.4 Å². The first-order valence-corrected chi connectivity index (χ1v) is 6.69. The molecule has 19 heavy (non-hydrogen) atoms. The van der Waals surface area contributed by atoms with Gasteiger partial charge in [-0.3, -0.25) is 0 Å². The number of halogens is 1. The minimum absolute atomic E-state index is 0.0693. The van der Waals surface area contributed by atoms with Crippen LogP contribution in [0.15, 0.2) is 24.3 Å². The van der Waals surface area contributed by atoms with Crippen molar-refractivity contribution >= 4 is 0 Å². The van der Waals surface area contributed by atoms with E-state index in [1.807, 2.05) is 0 Å². The van der Waals surface area contributed by atoms with Crippen molar-refractivity contribution in [2.24, 2.45) is 11.7 Å². The summed E-state index contributed by atoms with van der Waals surface area (Å²) in [7, 11) is 0. The van der Waals surface area contributed by atoms with E-state index in [0.717, 1.165) is 5.56 Å². The lowest BCUT2D eigenvalue weighted by molar-refractivity contribution is 0.0790. The van der Waals surface area contributed by atoms with E-state index >= 15 is 0 Å². The van der Waals surface area contributed by atoms with Gasteiger partial charge in [-0.2, -0.15) is 0 Å². The Kier molecular flexibility index (Phi) is 6.42. The largest absolute Gasteiger partial charge is 0.395 e. The van der Waals surface area contributed by atoms with Crippen LogP contribution in [0.5, 0.6) is 0 Å². The van der Waals surface area contributed by atoms with Crippen LogP contribution >= 0.6 is 0 Å². The van der Waals surface area contributed by atoms with E-state index in [1.54, 1.807) is 12.1 Å². The lowest BCUT2D eigenvalue weighted by atomic mass is 9.78. The molecule has 0 saturated heterocycles. The van der Waals surface area contributed by atoms with Gasteiger partial charge in [0.15, 0.2) is 0 Å². The van der Waals surface area contributed by atoms with E-state index in [1.165, 1.54) is 12.1 Å². The molecule has 1 atom stereocenters. The number of hydrogen-bond donors (Lipinski definition) is 2. The minimum atomic E-state index is -0.551. The lowest BCUT2D eigenvalue weighted by Crippen LogP contribution is -2.40. The van der Waals surface area contributed by atoms with Crippen molar-refractivity contribution in [3.63, 3.8) is 0 Å². The molecule has 0 aromatic heterocycles. The summed E-state index contributed by atoms with van der Waals surface area (Å²) >= 11 is 0. The number of hydrogen-bond acceptors (Lipinski definition) is 3. The molecule has 4 heteroatoms. The third kappa shape index (κ3) is 4.56. The van der Waals surface area contributed by atoms with Crippen molar-refractivity contribution in [2.45, 2.75) is 25.7 Å². The third-order valence-electron chi connectivity index (χ3n) is 3.33. The van der Waals surface area contributed by atoms with Crippen LogP contribution in [0, 0.1) is 11.7 Å². The monoisotopic (exact) mass is 269 g/mol. The summed E-state index contributed by atoms with van der Waals surface area (Å²) in [5, 5.41) is 9.68. The number of ether oxygens (including phenoxy) is 1. The molecule has 0 aliphatic carbocycles. The molecule has 1 unspecified atom stereocenters. The molecule has 3 N–H and O–H groups in total. The van der Waals surface area contributed by atoms with E-state index in [2.05, 4.69) is 13.8 Å². The standard InChI is InChI=1S/C15H24FNO2/c1-12(2)9-19-8-7-15(10-17,11-18)13-3-5-14(16)6-4-13/h3-6,12,18H,7-11,17H2,1-2H3. The Morgan fingerprint density at radius 1 is 1.32 bits per heavy atom. The highest BCUT2D eigenvalue weighted by Gasteiger charge is 2.30. The molecule has 0 spiro atoms. The van der Waals surface area contributed by atoms with Gasteiger partial charge in [0.25, 0.3) is 0 Å². The van der Waals surface area contributed by atoms with Gasteiger partial charge in [-0.15, -0.1) is 0 Å². The zero-order valence-electron chi connectivity index (χ0n) is 11.7. The fourth-order valence-corrected chi connectivity index (χ4v) is 1.99. The third-order valence-corrected chi connectivity index (χ3v) is 3.33. The van der Waals surface area contributed by atoms with Crippen molar-refractivity contribution in [3.05, 3.63) is 35.6 Å². The average Bonchev–Trinajstić information content (AvgIpc) is 2.41. The maximum atomic E-state index is 13.0. The highest BCUT2D eigenvalue weighted by molar-refractivity contribution is 5.26. The van der Waals surface area contributed by atoms with Gasteiger partial charge in [0.1, 0.15) is 5.82 Å². The number of rotatable bonds is 8. The molecule has 0 radical (unpaired) electrons. The summed E-state index contributed by atoms with van der Waals surface area (Å²) in [5.74, 6) is 0.191. The second-order valence-corrected chi connectivity index (χ2v) is 5.37. The fourth-order valence-electron chi connectivity index (χ4n) is 1.99. The predicted molar refractivity (Wildman–Crippen MR) is 74.5 cm³/mol. The quantitative estimate of drug-likeness (QED) is 0.710. The molecule has 1 aromatic carbocycles. The Labute approximate surface area is 114 Å². The molecule has 1 rings (SSSR count). The Bertz CT molecular complexity index is 361. The highest BCUT2D eigenvalue weighted by Crippen LogP contribution is 2.27. The van der Waals surface area contributed by atoms with Gasteiger partial charge >= 0.3 is 0 Å². The number of aliphatic hydroxyl groups excluding tert-OH is 1. The SMILES string of the molecule is CC(C)COCCC(CN)(CO)c1ccc(F)cc1. The normalized spacial score (nSPS) is 14.6. The molecule has 0 aliphatic rings. The van der Waals surface area contributed by atoms with E-state index < -0.39 is 5.41 Å². The molecule has 0 bridgehead atoms. The number of aliphatic hydroxyl groups is 1. The molecule has 1 aromatic rings. The van der Waals surface area contributed by atoms with Crippen molar-refractivity contribution in [1.82, 2.24) is 0 Å². The summed E-state index contributed by atoms with van der Waals surface area (Å²) in [5.41, 5.74) is 6.12. The summed E-state index contributed by atoms with van der Waals surface area (Å²) in [6.45, 7) is 5.63. The van der Waals surface area contributed by atoms with Crippen LogP contribution in [0.4, 0.5) is 4.39 Å². The Morgan fingerprint density at radius 2 is 1.95 bits per heavy atom. The molecule has 0 saturated carbocycles. The molecule has 3 nitrogen and oxygen atoms in total. The maximum Gasteiger partial charge on any atom is 0.123 e. The second kappa shape index (κ2) is 7.58. The number of nitrogens with two attached hydrogens (primary N) is 1. The molecule has 0 amide bonds. The highest BCUT2D eigenvalue weighted by atomic mass is 19.1. The zero-order valence-corrected chi connectivity index (χ0v) is 11.7. The van der Waals surface area contributed by atoms with Crippen LogP contribution in [0.2, 0.25) is 0 Å². The van der Waals surface area contributed by atoms with E-state index in [0.29, 0.717) is 32.1 Å². The van der Waals surface area contributed by atoms with Crippen molar-refractivity contribution in [2.75, 3.05) is 26.4 Å². The van der Waals surface area contributed by atoms with Crippen molar-refractivity contribution in [3.8, 4) is 0 Å². The first-order valence-electron chi connectivity index (χ1n) is 6.69. The molecular formula is C15H24FNO2. The van der Waals surface area contributed by atoms with E-state index in [9.17, 15) is 9.50 Å². The Morgan fingerprint density at radius 3 is 2.42 bits per heavy atom. The molecular weight excluding hydrogens is 245 g/mol. The van der Waals surface area contributed by atoms with Gasteiger partial charge < -0.3 is 15.6 Å². The van der Waals surface area contributed by atoms with Gasteiger partial charge in [0, 0.05) is 25.2 Å². The molecule has 0 heterocycles. The molecule has 0 aliphatic heterocycles. The second-order valence-electron chi connectivity index (χ2n) is 5.37. The summed E-state index contributed by atoms with van der Waals surface area (Å²) in [6.07, 6.45) is 0.623.